The average Bonchev–Trinajstić information content (AvgIpc) is 3.22. The summed E-state index contributed by atoms with van der Waals surface area (Å²) >= 11 is 6.41. The predicted molar refractivity (Wildman–Crippen MR) is 133 cm³/mol. The largest absolute Gasteiger partial charge is 0.456 e. The third-order valence-corrected chi connectivity index (χ3v) is 6.61. The minimum atomic E-state index is -4.47. The number of halogens is 4. The molecule has 0 aliphatic carbocycles. The molecule has 12 heteroatoms. The lowest BCUT2D eigenvalue weighted by molar-refractivity contribution is -0.137. The fourth-order valence-corrected chi connectivity index (χ4v) is 4.26. The summed E-state index contributed by atoms with van der Waals surface area (Å²) in [6, 6.07) is 11.5. The molecule has 0 N–H and O–H groups in total. The number of fused-ring (bicyclic) bond motifs is 1. The minimum Gasteiger partial charge on any atom is -0.456 e. The van der Waals surface area contributed by atoms with Crippen LogP contribution in [0.5, 0.6) is 11.5 Å². The van der Waals surface area contributed by atoms with Crippen LogP contribution in [0.3, 0.4) is 0 Å². The number of ether oxygens (including phenoxy) is 2. The quantitative estimate of drug-likeness (QED) is 0.332. The Hall–Kier alpha value is -3.02. The molecular weight excluding hydrogens is 519 g/mol. The van der Waals surface area contributed by atoms with Crippen LogP contribution in [0.25, 0.3) is 0 Å². The molecule has 1 aromatic heterocycles. The minimum absolute atomic E-state index is 0.0275. The van der Waals surface area contributed by atoms with Crippen molar-refractivity contribution < 1.29 is 31.1 Å². The molecule has 2 heterocycles. The lowest BCUT2D eigenvalue weighted by atomic mass is 10.2. The highest BCUT2D eigenvalue weighted by molar-refractivity contribution is 7.90. The van der Waals surface area contributed by atoms with Crippen molar-refractivity contribution >= 4 is 39.0 Å². The third kappa shape index (κ3) is 6.40. The second-order valence-corrected chi connectivity index (χ2v) is 10.8. The average molecular weight is 542 g/mol. The van der Waals surface area contributed by atoms with Crippen molar-refractivity contribution in [2.45, 2.75) is 12.7 Å². The van der Waals surface area contributed by atoms with Gasteiger partial charge in [-0.3, -0.25) is 4.99 Å². The van der Waals surface area contributed by atoms with E-state index in [1.54, 1.807) is 24.4 Å². The molecule has 2 aromatic carbocycles. The smallest absolute Gasteiger partial charge is 0.416 e. The van der Waals surface area contributed by atoms with Crippen molar-refractivity contribution in [3.8, 4) is 11.5 Å². The van der Waals surface area contributed by atoms with E-state index in [1.165, 1.54) is 18.4 Å². The summed E-state index contributed by atoms with van der Waals surface area (Å²) in [4.78, 5) is 6.36. The SMILES string of the molecule is CS(=O)(=O)CCOCCn1ccc2c1C=NCN2c1ccc(Oc2cccc(C(F)(F)F)c2)c(Cl)c1. The third-order valence-electron chi connectivity index (χ3n) is 5.40. The van der Waals surface area contributed by atoms with E-state index < -0.39 is 21.6 Å². The van der Waals surface area contributed by atoms with Gasteiger partial charge in [0.05, 0.1) is 40.9 Å². The maximum atomic E-state index is 13.0. The van der Waals surface area contributed by atoms with E-state index in [2.05, 4.69) is 4.99 Å². The summed E-state index contributed by atoms with van der Waals surface area (Å²) in [5, 5.41) is 0.236. The number of rotatable bonds is 9. The number of benzene rings is 2. The number of sulfone groups is 1. The molecule has 0 saturated carbocycles. The van der Waals surface area contributed by atoms with E-state index in [0.717, 1.165) is 29.2 Å². The molecule has 0 amide bonds. The summed E-state index contributed by atoms with van der Waals surface area (Å²) in [7, 11) is -3.07. The number of alkyl halides is 3. The van der Waals surface area contributed by atoms with Crippen molar-refractivity contribution in [3.63, 3.8) is 0 Å². The van der Waals surface area contributed by atoms with E-state index >= 15 is 0 Å². The Morgan fingerprint density at radius 3 is 2.64 bits per heavy atom. The maximum absolute atomic E-state index is 13.0. The van der Waals surface area contributed by atoms with E-state index in [0.29, 0.717) is 19.8 Å². The standard InChI is InChI=1S/C24H23ClF3N3O4S/c1-36(32,33)12-11-34-10-9-30-8-7-21-22(30)15-29-16-31(21)18-5-6-23(20(25)14-18)35-19-4-2-3-17(13-19)24(26,27)28/h2-8,13-15H,9-12,16H2,1H3. The van der Waals surface area contributed by atoms with Crippen molar-refractivity contribution in [2.24, 2.45) is 4.99 Å². The molecule has 7 nitrogen and oxygen atoms in total. The van der Waals surface area contributed by atoms with Crippen LogP contribution in [0, 0.1) is 0 Å². The molecule has 0 atom stereocenters. The Morgan fingerprint density at radius 1 is 1.11 bits per heavy atom. The first-order valence-corrected chi connectivity index (χ1v) is 13.3. The molecule has 36 heavy (non-hydrogen) atoms. The Balaban J connectivity index is 1.45. The van der Waals surface area contributed by atoms with E-state index in [1.807, 2.05) is 21.7 Å². The highest BCUT2D eigenvalue weighted by Gasteiger charge is 2.30. The zero-order valence-electron chi connectivity index (χ0n) is 19.2. The van der Waals surface area contributed by atoms with Gasteiger partial charge in [-0.2, -0.15) is 13.2 Å². The molecule has 0 fully saturated rings. The fraction of sp³-hybridized carbons (Fsp3) is 0.292. The molecule has 0 spiro atoms. The summed E-state index contributed by atoms with van der Waals surface area (Å²) in [5.74, 6) is 0.227. The molecule has 0 saturated heterocycles. The molecule has 4 rings (SSSR count). The molecule has 1 aliphatic heterocycles. The number of hydrogen-bond donors (Lipinski definition) is 0. The van der Waals surface area contributed by atoms with Crippen LogP contribution in [0.15, 0.2) is 59.7 Å². The van der Waals surface area contributed by atoms with Gasteiger partial charge in [0.15, 0.2) is 0 Å². The zero-order chi connectivity index (χ0) is 25.9. The van der Waals surface area contributed by atoms with Gasteiger partial charge < -0.3 is 18.9 Å². The highest BCUT2D eigenvalue weighted by Crippen LogP contribution is 2.38. The molecule has 3 aromatic rings. The topological polar surface area (TPSA) is 73.1 Å². The number of hydrogen-bond acceptors (Lipinski definition) is 6. The summed E-state index contributed by atoms with van der Waals surface area (Å²) < 4.78 is 74.4. The van der Waals surface area contributed by atoms with Gasteiger partial charge in [0.25, 0.3) is 0 Å². The summed E-state index contributed by atoms with van der Waals surface area (Å²) in [5.41, 5.74) is 1.67. The van der Waals surface area contributed by atoms with Crippen LogP contribution in [-0.4, -0.2) is 51.1 Å². The molecular formula is C24H23ClF3N3O4S. The van der Waals surface area contributed by atoms with Crippen LogP contribution in [0.4, 0.5) is 24.5 Å². The van der Waals surface area contributed by atoms with Gasteiger partial charge in [-0.15, -0.1) is 0 Å². The van der Waals surface area contributed by atoms with Crippen LogP contribution in [0.2, 0.25) is 5.02 Å². The number of aromatic nitrogens is 1. The normalized spacial score (nSPS) is 13.6. The first kappa shape index (κ1) is 26.1. The second-order valence-electron chi connectivity index (χ2n) is 8.15. The van der Waals surface area contributed by atoms with Crippen molar-refractivity contribution in [1.29, 1.82) is 0 Å². The predicted octanol–water partition coefficient (Wildman–Crippen LogP) is 5.54. The lowest BCUT2D eigenvalue weighted by Crippen LogP contribution is -2.22. The molecule has 1 aliphatic rings. The highest BCUT2D eigenvalue weighted by atomic mass is 35.5. The van der Waals surface area contributed by atoms with E-state index in [-0.39, 0.29) is 28.9 Å². The second kappa shape index (κ2) is 10.5. The van der Waals surface area contributed by atoms with Crippen LogP contribution in [0.1, 0.15) is 11.3 Å². The summed E-state index contributed by atoms with van der Waals surface area (Å²) in [6.07, 6.45) is 0.342. The summed E-state index contributed by atoms with van der Waals surface area (Å²) in [6.45, 7) is 1.35. The van der Waals surface area contributed by atoms with Gasteiger partial charge >= 0.3 is 6.18 Å². The monoisotopic (exact) mass is 541 g/mol. The number of aliphatic imine (C=N–C) groups is 1. The lowest BCUT2D eigenvalue weighted by Gasteiger charge is -2.26. The Kier molecular flexibility index (Phi) is 7.62. The molecule has 192 valence electrons. The van der Waals surface area contributed by atoms with Crippen LogP contribution in [-0.2, 0) is 27.3 Å². The van der Waals surface area contributed by atoms with E-state index in [4.69, 9.17) is 21.1 Å². The van der Waals surface area contributed by atoms with Crippen LogP contribution >= 0.6 is 11.6 Å². The number of nitrogens with zero attached hydrogens (tertiary/aromatic N) is 3. The van der Waals surface area contributed by atoms with Crippen molar-refractivity contribution in [1.82, 2.24) is 4.57 Å². The van der Waals surface area contributed by atoms with Gasteiger partial charge in [-0.25, -0.2) is 8.42 Å². The Bertz CT molecular complexity index is 1370. The zero-order valence-corrected chi connectivity index (χ0v) is 20.8. The first-order chi connectivity index (χ1) is 17.0. The van der Waals surface area contributed by atoms with Gasteiger partial charge in [0, 0.05) is 30.9 Å². The fourth-order valence-electron chi connectivity index (χ4n) is 3.62. The van der Waals surface area contributed by atoms with E-state index in [9.17, 15) is 21.6 Å². The van der Waals surface area contributed by atoms with Crippen LogP contribution < -0.4 is 9.64 Å². The molecule has 0 unspecified atom stereocenters. The van der Waals surface area contributed by atoms with Gasteiger partial charge in [-0.05, 0) is 42.5 Å². The van der Waals surface area contributed by atoms with Gasteiger partial charge in [0.1, 0.15) is 28.0 Å². The first-order valence-electron chi connectivity index (χ1n) is 10.9. The molecule has 0 radical (unpaired) electrons. The van der Waals surface area contributed by atoms with Crippen molar-refractivity contribution in [2.75, 3.05) is 36.8 Å². The molecule has 0 bridgehead atoms. The van der Waals surface area contributed by atoms with Gasteiger partial charge in [0.2, 0.25) is 0 Å². The Morgan fingerprint density at radius 2 is 1.92 bits per heavy atom. The Labute approximate surface area is 211 Å². The number of anilines is 2. The van der Waals surface area contributed by atoms with Gasteiger partial charge in [-0.1, -0.05) is 17.7 Å². The van der Waals surface area contributed by atoms with Crippen molar-refractivity contribution in [3.05, 3.63) is 71.0 Å². The maximum Gasteiger partial charge on any atom is 0.416 e.